The van der Waals surface area contributed by atoms with Crippen molar-refractivity contribution in [1.29, 1.82) is 0 Å². The Labute approximate surface area is 184 Å². The number of hydrogen-bond acceptors (Lipinski definition) is 8. The van der Waals surface area contributed by atoms with Gasteiger partial charge >= 0.3 is 7.82 Å². The fourth-order valence-corrected chi connectivity index (χ4v) is 5.84. The standard InChI is InChI=1S/C20H36N3O7P/c1-12-10-23(17(21)22-15(12)24)16-13-14(29-31(25,26)30-19(5,6)7)20(28-16,8-9-27-13)11-18(2,3)4/h10,13-14,16-17H,8-9,11,21H2,1-7H3,(H,22,24)(H,25,26)/t13-,14?,16+,17?,20+/m0/s1. The van der Waals surface area contributed by atoms with Gasteiger partial charge < -0.3 is 24.6 Å². The van der Waals surface area contributed by atoms with Crippen LogP contribution in [0.5, 0.6) is 0 Å². The van der Waals surface area contributed by atoms with Gasteiger partial charge in [0, 0.05) is 18.2 Å². The molecule has 0 aromatic heterocycles. The van der Waals surface area contributed by atoms with Crippen LogP contribution >= 0.6 is 7.82 Å². The summed E-state index contributed by atoms with van der Waals surface area (Å²) in [7, 11) is -4.42. The molecule has 10 nitrogen and oxygen atoms in total. The average Bonchev–Trinajstić information content (AvgIpc) is 2.70. The minimum Gasteiger partial charge on any atom is -0.371 e. The van der Waals surface area contributed by atoms with Crippen molar-refractivity contribution >= 4 is 13.7 Å². The number of hydrogen-bond donors (Lipinski definition) is 3. The molecule has 0 radical (unpaired) electrons. The second-order valence-electron chi connectivity index (χ2n) is 10.8. The van der Waals surface area contributed by atoms with E-state index in [2.05, 4.69) is 26.1 Å². The van der Waals surface area contributed by atoms with E-state index >= 15 is 0 Å². The first kappa shape index (κ1) is 24.6. The van der Waals surface area contributed by atoms with Gasteiger partial charge in [-0.2, -0.15) is 0 Å². The fraction of sp³-hybridized carbons (Fsp3) is 0.850. The predicted octanol–water partition coefficient (Wildman–Crippen LogP) is 2.19. The van der Waals surface area contributed by atoms with E-state index in [1.54, 1.807) is 38.8 Å². The summed E-state index contributed by atoms with van der Waals surface area (Å²) in [5.41, 5.74) is 4.72. The molecular formula is C20H36N3O7P. The van der Waals surface area contributed by atoms with E-state index in [0.717, 1.165) is 0 Å². The number of phosphoric acid groups is 1. The Hall–Kier alpha value is -1.00. The molecule has 31 heavy (non-hydrogen) atoms. The highest BCUT2D eigenvalue weighted by molar-refractivity contribution is 7.47. The zero-order valence-corrected chi connectivity index (χ0v) is 20.3. The zero-order valence-electron chi connectivity index (χ0n) is 19.4. The summed E-state index contributed by atoms with van der Waals surface area (Å²) in [4.78, 5) is 24.1. The van der Waals surface area contributed by atoms with E-state index in [1.165, 1.54) is 0 Å². The third-order valence-corrected chi connectivity index (χ3v) is 6.62. The molecule has 3 rings (SSSR count). The van der Waals surface area contributed by atoms with Crippen LogP contribution in [0.4, 0.5) is 0 Å². The Morgan fingerprint density at radius 2 is 2.00 bits per heavy atom. The molecule has 178 valence electrons. The van der Waals surface area contributed by atoms with Gasteiger partial charge in [0.1, 0.15) is 17.8 Å². The van der Waals surface area contributed by atoms with Crippen molar-refractivity contribution in [2.75, 3.05) is 6.61 Å². The summed E-state index contributed by atoms with van der Waals surface area (Å²) in [5.74, 6) is -0.263. The molecular weight excluding hydrogens is 425 g/mol. The molecule has 2 fully saturated rings. The lowest BCUT2D eigenvalue weighted by molar-refractivity contribution is -0.147. The lowest BCUT2D eigenvalue weighted by Gasteiger charge is -2.42. The molecule has 2 saturated heterocycles. The largest absolute Gasteiger partial charge is 0.473 e. The summed E-state index contributed by atoms with van der Waals surface area (Å²) < 4.78 is 36.5. The summed E-state index contributed by atoms with van der Waals surface area (Å²) in [5, 5.41) is 2.68. The SMILES string of the molecule is CC1=CN([C@@H]2O[C@@]3(CC(C)(C)C)CCO[C@H]2C3OP(=O)(O)OC(C)(C)C)C(N)NC1=O. The molecule has 0 saturated carbocycles. The second kappa shape index (κ2) is 8.09. The topological polar surface area (TPSA) is 133 Å². The smallest absolute Gasteiger partial charge is 0.371 e. The number of nitrogens with zero attached hydrogens (tertiary/aromatic N) is 1. The third kappa shape index (κ3) is 5.50. The van der Waals surface area contributed by atoms with Gasteiger partial charge in [-0.1, -0.05) is 20.8 Å². The predicted molar refractivity (Wildman–Crippen MR) is 113 cm³/mol. The van der Waals surface area contributed by atoms with Gasteiger partial charge in [-0.05, 0) is 39.5 Å². The van der Waals surface area contributed by atoms with Gasteiger partial charge in [-0.3, -0.25) is 19.6 Å². The summed E-state index contributed by atoms with van der Waals surface area (Å²) in [6, 6.07) is 0. The third-order valence-electron chi connectivity index (χ3n) is 5.35. The molecule has 3 aliphatic rings. The first-order valence-corrected chi connectivity index (χ1v) is 12.1. The number of carbonyl (C=O) groups excluding carboxylic acids is 1. The molecule has 0 spiro atoms. The Bertz CT molecular complexity index is 791. The maximum absolute atomic E-state index is 12.9. The van der Waals surface area contributed by atoms with Crippen LogP contribution in [0.1, 0.15) is 61.3 Å². The summed E-state index contributed by atoms with van der Waals surface area (Å²) in [6.07, 6.45) is -0.431. The number of fused-ring (bicyclic) bond motifs is 2. The summed E-state index contributed by atoms with van der Waals surface area (Å²) >= 11 is 0. The summed E-state index contributed by atoms with van der Waals surface area (Å²) in [6.45, 7) is 13.3. The van der Waals surface area contributed by atoms with Crippen LogP contribution in [0.3, 0.4) is 0 Å². The van der Waals surface area contributed by atoms with E-state index in [1.807, 2.05) is 0 Å². The highest BCUT2D eigenvalue weighted by Gasteiger charge is 2.63. The van der Waals surface area contributed by atoms with Gasteiger partial charge in [0.2, 0.25) is 0 Å². The molecule has 2 bridgehead atoms. The molecule has 6 atom stereocenters. The molecule has 3 aliphatic heterocycles. The highest BCUT2D eigenvalue weighted by atomic mass is 31.2. The van der Waals surface area contributed by atoms with Crippen molar-refractivity contribution in [1.82, 2.24) is 10.2 Å². The van der Waals surface area contributed by atoms with E-state index < -0.39 is 43.8 Å². The fourth-order valence-electron chi connectivity index (χ4n) is 4.51. The van der Waals surface area contributed by atoms with Crippen LogP contribution in [0.15, 0.2) is 11.8 Å². The van der Waals surface area contributed by atoms with Gasteiger partial charge in [0.05, 0.1) is 12.2 Å². The molecule has 1 amide bonds. The van der Waals surface area contributed by atoms with E-state index in [9.17, 15) is 14.3 Å². The molecule has 3 heterocycles. The maximum atomic E-state index is 12.9. The minimum absolute atomic E-state index is 0.160. The van der Waals surface area contributed by atoms with E-state index in [0.29, 0.717) is 25.0 Å². The van der Waals surface area contributed by atoms with Gasteiger partial charge in [-0.25, -0.2) is 4.57 Å². The number of nitrogens with two attached hydrogens (primary N) is 1. The Morgan fingerprint density at radius 1 is 1.35 bits per heavy atom. The second-order valence-corrected chi connectivity index (χ2v) is 12.1. The maximum Gasteiger partial charge on any atom is 0.473 e. The molecule has 11 heteroatoms. The van der Waals surface area contributed by atoms with Gasteiger partial charge in [0.25, 0.3) is 5.91 Å². The van der Waals surface area contributed by atoms with Gasteiger partial charge in [-0.15, -0.1) is 0 Å². The molecule has 4 N–H and O–H groups in total. The molecule has 0 aromatic rings. The number of amides is 1. The van der Waals surface area contributed by atoms with Crippen LogP contribution in [-0.2, 0) is 27.9 Å². The van der Waals surface area contributed by atoms with Crippen molar-refractivity contribution in [2.45, 2.75) is 97.2 Å². The quantitative estimate of drug-likeness (QED) is 0.527. The number of nitrogens with one attached hydrogen (secondary N) is 1. The lowest BCUT2D eigenvalue weighted by Crippen LogP contribution is -2.61. The number of carbonyl (C=O) groups is 1. The van der Waals surface area contributed by atoms with Crippen molar-refractivity contribution in [3.8, 4) is 0 Å². The van der Waals surface area contributed by atoms with Crippen molar-refractivity contribution in [3.05, 3.63) is 11.8 Å². The molecule has 3 unspecified atom stereocenters. The molecule has 0 aromatic carbocycles. The van der Waals surface area contributed by atoms with Crippen LogP contribution < -0.4 is 11.1 Å². The minimum atomic E-state index is -4.42. The van der Waals surface area contributed by atoms with E-state index in [4.69, 9.17) is 24.3 Å². The van der Waals surface area contributed by atoms with Gasteiger partial charge in [0.15, 0.2) is 12.5 Å². The first-order chi connectivity index (χ1) is 14.0. The monoisotopic (exact) mass is 461 g/mol. The Kier molecular flexibility index (Phi) is 6.43. The number of phosphoric ester groups is 1. The van der Waals surface area contributed by atoms with Crippen LogP contribution in [0.2, 0.25) is 0 Å². The van der Waals surface area contributed by atoms with Crippen LogP contribution in [0.25, 0.3) is 0 Å². The number of ether oxygens (including phenoxy) is 2. The zero-order chi connectivity index (χ0) is 23.4. The van der Waals surface area contributed by atoms with Crippen LogP contribution in [0, 0.1) is 5.41 Å². The first-order valence-electron chi connectivity index (χ1n) is 10.6. The van der Waals surface area contributed by atoms with Crippen molar-refractivity contribution in [3.63, 3.8) is 0 Å². The van der Waals surface area contributed by atoms with E-state index in [-0.39, 0.29) is 11.3 Å². The highest BCUT2D eigenvalue weighted by Crippen LogP contribution is 2.56. The Balaban J connectivity index is 1.97. The lowest BCUT2D eigenvalue weighted by atomic mass is 9.76. The van der Waals surface area contributed by atoms with Crippen LogP contribution in [-0.4, -0.2) is 58.2 Å². The van der Waals surface area contributed by atoms with Crippen molar-refractivity contribution in [2.24, 2.45) is 11.1 Å². The normalized spacial score (nSPS) is 36.1. The number of rotatable bonds is 5. The Morgan fingerprint density at radius 3 is 2.58 bits per heavy atom. The van der Waals surface area contributed by atoms with Crippen molar-refractivity contribution < 1.29 is 32.8 Å². The average molecular weight is 461 g/mol. The molecule has 0 aliphatic carbocycles.